The molecule has 0 saturated heterocycles. The third kappa shape index (κ3) is 10.3. The van der Waals surface area contributed by atoms with Crippen LogP contribution in [0.25, 0.3) is 0 Å². The topological polar surface area (TPSA) is 18.5 Å². The highest BCUT2D eigenvalue weighted by Crippen LogP contribution is 2.08. The Kier molecular flexibility index (Phi) is 11.1. The molecule has 2 nitrogen and oxygen atoms in total. The average molecular weight is 262 g/mol. The summed E-state index contributed by atoms with van der Waals surface area (Å²) in [5.74, 6) is 0. The fraction of sp³-hybridized carbons (Fsp3) is 0.833. The Morgan fingerprint density at radius 1 is 0.750 bits per heavy atom. The van der Waals surface area contributed by atoms with Crippen molar-refractivity contribution in [3.05, 3.63) is 0 Å². The van der Waals surface area contributed by atoms with Crippen LogP contribution in [-0.2, 0) is 9.47 Å². The molecule has 0 aromatic heterocycles. The van der Waals surface area contributed by atoms with Gasteiger partial charge < -0.3 is 9.47 Å². The second-order valence-corrected chi connectivity index (χ2v) is 4.43. The van der Waals surface area contributed by atoms with E-state index in [9.17, 15) is 0 Å². The standard InChI is InChI=1S/C12H22O2S2/c1-3-13-11(15)9-7-5-6-8-10-12(16)14-4-2/h3-10H2,1-2H3. The molecule has 0 spiro atoms. The molecule has 4 heteroatoms. The van der Waals surface area contributed by atoms with Crippen LogP contribution in [0.5, 0.6) is 0 Å². The molecule has 0 aliphatic rings. The second kappa shape index (κ2) is 11.3. The Hall–Kier alpha value is -0.220. The van der Waals surface area contributed by atoms with Crippen LogP contribution in [0.15, 0.2) is 0 Å². The summed E-state index contributed by atoms with van der Waals surface area (Å²) >= 11 is 10.1. The summed E-state index contributed by atoms with van der Waals surface area (Å²) in [4.78, 5) is 0. The van der Waals surface area contributed by atoms with Crippen LogP contribution in [0.4, 0.5) is 0 Å². The van der Waals surface area contributed by atoms with E-state index < -0.39 is 0 Å². The highest BCUT2D eigenvalue weighted by Gasteiger charge is 1.99. The number of hydrogen-bond donors (Lipinski definition) is 0. The van der Waals surface area contributed by atoms with E-state index in [1.54, 1.807) is 0 Å². The zero-order valence-electron chi connectivity index (χ0n) is 10.3. The van der Waals surface area contributed by atoms with E-state index >= 15 is 0 Å². The van der Waals surface area contributed by atoms with Gasteiger partial charge in [-0.2, -0.15) is 0 Å². The Balaban J connectivity index is 3.21. The molecule has 0 fully saturated rings. The SMILES string of the molecule is CCOC(=S)CCCCCCC(=S)OCC. The van der Waals surface area contributed by atoms with E-state index in [1.165, 1.54) is 12.8 Å². The van der Waals surface area contributed by atoms with E-state index in [0.29, 0.717) is 13.2 Å². The second-order valence-electron chi connectivity index (χ2n) is 3.52. The lowest BCUT2D eigenvalue weighted by molar-refractivity contribution is 0.323. The molecule has 0 unspecified atom stereocenters. The Labute approximate surface area is 110 Å². The van der Waals surface area contributed by atoms with Crippen molar-refractivity contribution in [1.82, 2.24) is 0 Å². The molecular formula is C12H22O2S2. The molecule has 0 aromatic carbocycles. The molecule has 0 heterocycles. The van der Waals surface area contributed by atoms with Gasteiger partial charge >= 0.3 is 0 Å². The lowest BCUT2D eigenvalue weighted by Crippen LogP contribution is -2.01. The molecule has 0 amide bonds. The number of hydrogen-bond acceptors (Lipinski definition) is 4. The summed E-state index contributed by atoms with van der Waals surface area (Å²) in [6.07, 6.45) is 6.39. The van der Waals surface area contributed by atoms with Crippen molar-refractivity contribution in [3.63, 3.8) is 0 Å². The van der Waals surface area contributed by atoms with Crippen LogP contribution >= 0.6 is 24.4 Å². The smallest absolute Gasteiger partial charge is 0.159 e. The van der Waals surface area contributed by atoms with Crippen LogP contribution < -0.4 is 0 Å². The monoisotopic (exact) mass is 262 g/mol. The van der Waals surface area contributed by atoms with Crippen molar-refractivity contribution in [1.29, 1.82) is 0 Å². The van der Waals surface area contributed by atoms with E-state index in [2.05, 4.69) is 0 Å². The van der Waals surface area contributed by atoms with Gasteiger partial charge in [0.2, 0.25) is 0 Å². The van der Waals surface area contributed by atoms with Crippen LogP contribution in [0.1, 0.15) is 52.4 Å². The fourth-order valence-electron chi connectivity index (χ4n) is 1.36. The lowest BCUT2D eigenvalue weighted by Gasteiger charge is -2.05. The molecule has 0 aliphatic heterocycles. The molecular weight excluding hydrogens is 240 g/mol. The predicted molar refractivity (Wildman–Crippen MR) is 76.2 cm³/mol. The minimum atomic E-state index is 0.682. The van der Waals surface area contributed by atoms with E-state index in [0.717, 1.165) is 35.8 Å². The molecule has 0 rings (SSSR count). The normalized spacial score (nSPS) is 9.88. The molecule has 0 N–H and O–H groups in total. The maximum atomic E-state index is 5.21. The van der Waals surface area contributed by atoms with Gasteiger partial charge in [-0.15, -0.1) is 0 Å². The minimum Gasteiger partial charge on any atom is -0.487 e. The van der Waals surface area contributed by atoms with Gasteiger partial charge in [0.15, 0.2) is 10.1 Å². The summed E-state index contributed by atoms with van der Waals surface area (Å²) in [5, 5.41) is 1.49. The molecule has 0 bridgehead atoms. The zero-order chi connectivity index (χ0) is 12.2. The van der Waals surface area contributed by atoms with Crippen LogP contribution in [0.2, 0.25) is 0 Å². The van der Waals surface area contributed by atoms with Crippen molar-refractivity contribution < 1.29 is 9.47 Å². The predicted octanol–water partition coefficient (Wildman–Crippen LogP) is 4.05. The van der Waals surface area contributed by atoms with Gasteiger partial charge in [0.1, 0.15) is 0 Å². The van der Waals surface area contributed by atoms with Crippen molar-refractivity contribution in [2.45, 2.75) is 52.4 Å². The van der Waals surface area contributed by atoms with Gasteiger partial charge in [-0.1, -0.05) is 12.8 Å². The first-order chi connectivity index (χ1) is 7.70. The van der Waals surface area contributed by atoms with Gasteiger partial charge in [-0.3, -0.25) is 0 Å². The summed E-state index contributed by atoms with van der Waals surface area (Å²) in [7, 11) is 0. The summed E-state index contributed by atoms with van der Waals surface area (Å²) in [6.45, 7) is 5.28. The van der Waals surface area contributed by atoms with Gasteiger partial charge in [0.05, 0.1) is 13.2 Å². The molecule has 0 saturated carbocycles. The third-order valence-electron chi connectivity index (χ3n) is 2.12. The summed E-state index contributed by atoms with van der Waals surface area (Å²) < 4.78 is 10.4. The minimum absolute atomic E-state index is 0.682. The number of unbranched alkanes of at least 4 members (excludes halogenated alkanes) is 3. The average Bonchev–Trinajstić information content (AvgIpc) is 2.24. The summed E-state index contributed by atoms with van der Waals surface area (Å²) in [6, 6.07) is 0. The molecule has 0 aliphatic carbocycles. The highest BCUT2D eigenvalue weighted by atomic mass is 32.1. The van der Waals surface area contributed by atoms with Crippen molar-refractivity contribution >= 4 is 34.5 Å². The quantitative estimate of drug-likeness (QED) is 0.460. The zero-order valence-corrected chi connectivity index (χ0v) is 11.9. The molecule has 16 heavy (non-hydrogen) atoms. The van der Waals surface area contributed by atoms with Crippen molar-refractivity contribution in [2.75, 3.05) is 13.2 Å². The van der Waals surface area contributed by atoms with Crippen LogP contribution in [0, 0.1) is 0 Å². The Bertz CT molecular complexity index is 183. The Morgan fingerprint density at radius 3 is 1.44 bits per heavy atom. The van der Waals surface area contributed by atoms with E-state index in [-0.39, 0.29) is 0 Å². The van der Waals surface area contributed by atoms with Crippen molar-refractivity contribution in [3.8, 4) is 0 Å². The van der Waals surface area contributed by atoms with Gasteiger partial charge in [0, 0.05) is 12.8 Å². The van der Waals surface area contributed by atoms with Crippen LogP contribution in [-0.4, -0.2) is 23.3 Å². The van der Waals surface area contributed by atoms with Crippen molar-refractivity contribution in [2.24, 2.45) is 0 Å². The van der Waals surface area contributed by atoms with Crippen LogP contribution in [0.3, 0.4) is 0 Å². The Morgan fingerprint density at radius 2 is 1.12 bits per heavy atom. The molecule has 0 radical (unpaired) electrons. The lowest BCUT2D eigenvalue weighted by atomic mass is 10.1. The molecule has 94 valence electrons. The van der Waals surface area contributed by atoms with E-state index in [1.807, 2.05) is 13.8 Å². The maximum Gasteiger partial charge on any atom is 0.159 e. The third-order valence-corrected chi connectivity index (χ3v) is 2.77. The summed E-state index contributed by atoms with van der Waals surface area (Å²) in [5.41, 5.74) is 0. The molecule has 0 aromatic rings. The maximum absolute atomic E-state index is 5.21. The molecule has 0 atom stereocenters. The van der Waals surface area contributed by atoms with Gasteiger partial charge in [-0.05, 0) is 51.1 Å². The van der Waals surface area contributed by atoms with Gasteiger partial charge in [0.25, 0.3) is 0 Å². The number of rotatable bonds is 9. The largest absolute Gasteiger partial charge is 0.487 e. The van der Waals surface area contributed by atoms with Gasteiger partial charge in [-0.25, -0.2) is 0 Å². The number of ether oxygens (including phenoxy) is 2. The van der Waals surface area contributed by atoms with E-state index in [4.69, 9.17) is 33.9 Å². The first-order valence-corrected chi connectivity index (χ1v) is 6.83. The first-order valence-electron chi connectivity index (χ1n) is 6.02. The first kappa shape index (κ1) is 15.8. The highest BCUT2D eigenvalue weighted by molar-refractivity contribution is 7.80. The fourth-order valence-corrected chi connectivity index (χ4v) is 1.88. The number of thiocarbonyl (C=S) groups is 2.